The summed E-state index contributed by atoms with van der Waals surface area (Å²) >= 11 is 0. The molecule has 0 saturated carbocycles. The van der Waals surface area contributed by atoms with Crippen LogP contribution in [0.2, 0.25) is 0 Å². The SMILES string of the molecule is CC1CC(C)(C)N=C(C(C)(C)c2ccccc2)O1. The van der Waals surface area contributed by atoms with E-state index in [0.29, 0.717) is 0 Å². The van der Waals surface area contributed by atoms with E-state index >= 15 is 0 Å². The summed E-state index contributed by atoms with van der Waals surface area (Å²) in [6, 6.07) is 10.4. The molecule has 0 aliphatic carbocycles. The van der Waals surface area contributed by atoms with Gasteiger partial charge in [0.2, 0.25) is 0 Å². The first-order valence-electron chi connectivity index (χ1n) is 6.64. The van der Waals surface area contributed by atoms with Gasteiger partial charge in [-0.25, -0.2) is 4.99 Å². The van der Waals surface area contributed by atoms with Crippen molar-refractivity contribution in [2.45, 2.75) is 58.1 Å². The van der Waals surface area contributed by atoms with Crippen LogP contribution in [0.4, 0.5) is 0 Å². The molecule has 0 amide bonds. The van der Waals surface area contributed by atoms with E-state index < -0.39 is 0 Å². The Morgan fingerprint density at radius 2 is 1.83 bits per heavy atom. The lowest BCUT2D eigenvalue weighted by Crippen LogP contribution is -2.42. The minimum atomic E-state index is -0.173. The molecule has 2 heteroatoms. The lowest BCUT2D eigenvalue weighted by atomic mass is 9.82. The number of ether oxygens (including phenoxy) is 1. The predicted octanol–water partition coefficient (Wildman–Crippen LogP) is 3.95. The van der Waals surface area contributed by atoms with Crippen molar-refractivity contribution >= 4 is 5.90 Å². The fourth-order valence-corrected chi connectivity index (χ4v) is 2.55. The minimum Gasteiger partial charge on any atom is -0.477 e. The molecule has 98 valence electrons. The number of hydrogen-bond donors (Lipinski definition) is 0. The Kier molecular flexibility index (Phi) is 3.22. The highest BCUT2D eigenvalue weighted by molar-refractivity contribution is 5.88. The first-order chi connectivity index (χ1) is 8.31. The molecular weight excluding hydrogens is 222 g/mol. The number of nitrogens with zero attached hydrogens (tertiary/aromatic N) is 1. The normalized spacial score (nSPS) is 23.2. The van der Waals surface area contributed by atoms with E-state index in [4.69, 9.17) is 9.73 Å². The topological polar surface area (TPSA) is 21.6 Å². The maximum absolute atomic E-state index is 5.99. The first-order valence-corrected chi connectivity index (χ1v) is 6.64. The smallest absolute Gasteiger partial charge is 0.194 e. The monoisotopic (exact) mass is 245 g/mol. The summed E-state index contributed by atoms with van der Waals surface area (Å²) < 4.78 is 5.99. The zero-order chi connectivity index (χ0) is 13.4. The lowest BCUT2D eigenvalue weighted by Gasteiger charge is -2.37. The largest absolute Gasteiger partial charge is 0.477 e. The van der Waals surface area contributed by atoms with E-state index in [9.17, 15) is 0 Å². The Morgan fingerprint density at radius 1 is 1.22 bits per heavy atom. The van der Waals surface area contributed by atoms with Gasteiger partial charge in [0.15, 0.2) is 5.90 Å². The maximum Gasteiger partial charge on any atom is 0.194 e. The third-order valence-electron chi connectivity index (χ3n) is 3.53. The fourth-order valence-electron chi connectivity index (χ4n) is 2.55. The highest BCUT2D eigenvalue weighted by Crippen LogP contribution is 2.33. The molecular formula is C16H23NO. The van der Waals surface area contributed by atoms with Crippen LogP contribution >= 0.6 is 0 Å². The van der Waals surface area contributed by atoms with Crippen LogP contribution in [0.3, 0.4) is 0 Å². The molecule has 1 aliphatic rings. The summed E-state index contributed by atoms with van der Waals surface area (Å²) in [6.07, 6.45) is 1.21. The van der Waals surface area contributed by atoms with E-state index in [0.717, 1.165) is 12.3 Å². The van der Waals surface area contributed by atoms with Crippen LogP contribution in [0.25, 0.3) is 0 Å². The minimum absolute atomic E-state index is 0.0287. The fraction of sp³-hybridized carbons (Fsp3) is 0.562. The maximum atomic E-state index is 5.99. The van der Waals surface area contributed by atoms with E-state index in [1.54, 1.807) is 0 Å². The molecule has 0 aromatic heterocycles. The number of benzene rings is 1. The molecule has 0 spiro atoms. The van der Waals surface area contributed by atoms with E-state index in [2.05, 4.69) is 58.9 Å². The standard InChI is InChI=1S/C16H23NO/c1-12-11-15(2,3)17-14(18-12)16(4,5)13-9-7-6-8-10-13/h6-10,12H,11H2,1-5H3. The Labute approximate surface area is 110 Å². The van der Waals surface area contributed by atoms with Crippen LogP contribution in [0.1, 0.15) is 46.6 Å². The molecule has 1 aliphatic heterocycles. The van der Waals surface area contributed by atoms with Gasteiger partial charge in [0, 0.05) is 6.42 Å². The van der Waals surface area contributed by atoms with Crippen LogP contribution in [0.15, 0.2) is 35.3 Å². The molecule has 18 heavy (non-hydrogen) atoms. The molecule has 0 bridgehead atoms. The van der Waals surface area contributed by atoms with Gasteiger partial charge in [-0.3, -0.25) is 0 Å². The van der Waals surface area contributed by atoms with Gasteiger partial charge in [-0.2, -0.15) is 0 Å². The second-order valence-electron chi connectivity index (χ2n) is 6.35. The molecule has 1 aromatic rings. The van der Waals surface area contributed by atoms with E-state index in [1.807, 2.05) is 6.07 Å². The second-order valence-corrected chi connectivity index (χ2v) is 6.35. The highest BCUT2D eigenvalue weighted by atomic mass is 16.5. The van der Waals surface area contributed by atoms with Crippen molar-refractivity contribution < 1.29 is 4.74 Å². The summed E-state index contributed by atoms with van der Waals surface area (Å²) in [5.41, 5.74) is 1.04. The van der Waals surface area contributed by atoms with Gasteiger partial charge in [0.25, 0.3) is 0 Å². The Bertz CT molecular complexity index is 445. The van der Waals surface area contributed by atoms with Crippen molar-refractivity contribution in [2.75, 3.05) is 0 Å². The summed E-state index contributed by atoms with van der Waals surface area (Å²) in [6.45, 7) is 10.8. The molecule has 0 fully saturated rings. The molecule has 2 nitrogen and oxygen atoms in total. The molecule has 1 aromatic carbocycles. The number of aliphatic imine (C=N–C) groups is 1. The van der Waals surface area contributed by atoms with E-state index in [-0.39, 0.29) is 17.1 Å². The molecule has 0 saturated heterocycles. The van der Waals surface area contributed by atoms with Crippen LogP contribution in [-0.2, 0) is 10.2 Å². The average molecular weight is 245 g/mol. The summed E-state index contributed by atoms with van der Waals surface area (Å²) in [5.74, 6) is 0.859. The zero-order valence-electron chi connectivity index (χ0n) is 12.0. The molecule has 0 radical (unpaired) electrons. The van der Waals surface area contributed by atoms with Crippen LogP contribution in [0, 0.1) is 0 Å². The summed E-state index contributed by atoms with van der Waals surface area (Å²) in [5, 5.41) is 0. The van der Waals surface area contributed by atoms with Crippen LogP contribution in [0.5, 0.6) is 0 Å². The lowest BCUT2D eigenvalue weighted by molar-refractivity contribution is 0.130. The molecule has 1 atom stereocenters. The molecule has 1 heterocycles. The van der Waals surface area contributed by atoms with Crippen molar-refractivity contribution in [3.8, 4) is 0 Å². The first kappa shape index (κ1) is 13.1. The summed E-state index contributed by atoms with van der Waals surface area (Å²) in [7, 11) is 0. The van der Waals surface area contributed by atoms with Crippen molar-refractivity contribution in [1.29, 1.82) is 0 Å². The van der Waals surface area contributed by atoms with Gasteiger partial charge < -0.3 is 4.74 Å². The highest BCUT2D eigenvalue weighted by Gasteiger charge is 2.36. The Morgan fingerprint density at radius 3 is 2.39 bits per heavy atom. The second kappa shape index (κ2) is 4.42. The van der Waals surface area contributed by atoms with Gasteiger partial charge in [-0.05, 0) is 40.2 Å². The number of hydrogen-bond acceptors (Lipinski definition) is 2. The molecule has 0 N–H and O–H groups in total. The summed E-state index contributed by atoms with van der Waals surface area (Å²) in [4.78, 5) is 4.81. The van der Waals surface area contributed by atoms with Crippen molar-refractivity contribution in [3.05, 3.63) is 35.9 Å². The van der Waals surface area contributed by atoms with Crippen LogP contribution < -0.4 is 0 Å². The third kappa shape index (κ3) is 2.58. The predicted molar refractivity (Wildman–Crippen MR) is 76.1 cm³/mol. The van der Waals surface area contributed by atoms with Gasteiger partial charge in [0.05, 0.1) is 17.1 Å². The number of rotatable bonds is 2. The molecule has 2 rings (SSSR count). The van der Waals surface area contributed by atoms with Gasteiger partial charge in [-0.1, -0.05) is 30.3 Å². The van der Waals surface area contributed by atoms with Gasteiger partial charge in [-0.15, -0.1) is 0 Å². The van der Waals surface area contributed by atoms with Crippen molar-refractivity contribution in [3.63, 3.8) is 0 Å². The van der Waals surface area contributed by atoms with Crippen LogP contribution in [-0.4, -0.2) is 17.5 Å². The quantitative estimate of drug-likeness (QED) is 0.773. The van der Waals surface area contributed by atoms with Gasteiger partial charge in [0.1, 0.15) is 0 Å². The Hall–Kier alpha value is -1.31. The van der Waals surface area contributed by atoms with Crippen molar-refractivity contribution in [1.82, 2.24) is 0 Å². The van der Waals surface area contributed by atoms with Gasteiger partial charge >= 0.3 is 0 Å². The average Bonchev–Trinajstić information content (AvgIpc) is 2.27. The molecule has 1 unspecified atom stereocenters. The van der Waals surface area contributed by atoms with E-state index in [1.165, 1.54) is 5.56 Å². The zero-order valence-corrected chi connectivity index (χ0v) is 12.0. The van der Waals surface area contributed by atoms with Crippen molar-refractivity contribution in [2.24, 2.45) is 4.99 Å². The Balaban J connectivity index is 2.38. The third-order valence-corrected chi connectivity index (χ3v) is 3.53.